The first-order valence-corrected chi connectivity index (χ1v) is 7.60. The number of carbonyl (C=O) groups is 1. The standard InChI is InChI=1S/C16H22N4O2/c1-16(2,3)22-15(21)8-13-6-4-5-7-20(13)14-11-18-10-12(9-17)19-14/h10-11,13H,4-8H2,1-3H3. The molecule has 2 rings (SSSR count). The zero-order valence-corrected chi connectivity index (χ0v) is 13.4. The summed E-state index contributed by atoms with van der Waals surface area (Å²) < 4.78 is 5.42. The Morgan fingerprint density at radius 1 is 1.45 bits per heavy atom. The molecule has 2 heterocycles. The Labute approximate surface area is 131 Å². The molecular weight excluding hydrogens is 280 g/mol. The summed E-state index contributed by atoms with van der Waals surface area (Å²) in [6, 6.07) is 2.05. The van der Waals surface area contributed by atoms with Gasteiger partial charge in [0.2, 0.25) is 0 Å². The number of hydrogen-bond acceptors (Lipinski definition) is 6. The van der Waals surface area contributed by atoms with Crippen molar-refractivity contribution >= 4 is 11.8 Å². The molecule has 6 nitrogen and oxygen atoms in total. The number of anilines is 1. The third kappa shape index (κ3) is 4.42. The molecule has 1 aliphatic heterocycles. The lowest BCUT2D eigenvalue weighted by Crippen LogP contribution is -2.42. The van der Waals surface area contributed by atoms with Gasteiger partial charge in [0.15, 0.2) is 5.69 Å². The molecule has 0 spiro atoms. The highest BCUT2D eigenvalue weighted by molar-refractivity contribution is 5.71. The van der Waals surface area contributed by atoms with Crippen LogP contribution in [0.3, 0.4) is 0 Å². The molecule has 118 valence electrons. The number of piperidine rings is 1. The summed E-state index contributed by atoms with van der Waals surface area (Å²) in [7, 11) is 0. The fourth-order valence-electron chi connectivity index (χ4n) is 2.64. The van der Waals surface area contributed by atoms with Gasteiger partial charge in [-0.05, 0) is 40.0 Å². The van der Waals surface area contributed by atoms with Crippen LogP contribution in [0.1, 0.15) is 52.1 Å². The van der Waals surface area contributed by atoms with Crippen LogP contribution in [-0.4, -0.2) is 34.1 Å². The lowest BCUT2D eigenvalue weighted by atomic mass is 9.99. The van der Waals surface area contributed by atoms with Crippen molar-refractivity contribution in [1.29, 1.82) is 5.26 Å². The minimum absolute atomic E-state index is 0.0480. The number of nitrogens with zero attached hydrogens (tertiary/aromatic N) is 4. The topological polar surface area (TPSA) is 79.1 Å². The SMILES string of the molecule is CC(C)(C)OC(=O)CC1CCCCN1c1cncc(C#N)n1. The van der Waals surface area contributed by atoms with Crippen molar-refractivity contribution in [1.82, 2.24) is 9.97 Å². The summed E-state index contributed by atoms with van der Waals surface area (Å²) in [5.74, 6) is 0.459. The molecule has 0 saturated carbocycles. The second kappa shape index (κ2) is 6.73. The van der Waals surface area contributed by atoms with E-state index in [0.29, 0.717) is 17.9 Å². The van der Waals surface area contributed by atoms with Gasteiger partial charge in [-0.2, -0.15) is 5.26 Å². The van der Waals surface area contributed by atoms with Crippen molar-refractivity contribution in [3.8, 4) is 6.07 Å². The van der Waals surface area contributed by atoms with E-state index in [1.54, 1.807) is 6.20 Å². The molecule has 1 saturated heterocycles. The molecule has 1 aromatic rings. The zero-order chi connectivity index (χ0) is 16.2. The number of ether oxygens (including phenoxy) is 1. The minimum atomic E-state index is -0.475. The Bertz CT molecular complexity index is 574. The summed E-state index contributed by atoms with van der Waals surface area (Å²) in [4.78, 5) is 22.5. The maximum Gasteiger partial charge on any atom is 0.308 e. The second-order valence-corrected chi connectivity index (χ2v) is 6.51. The molecule has 1 fully saturated rings. The highest BCUT2D eigenvalue weighted by Gasteiger charge is 2.28. The quantitative estimate of drug-likeness (QED) is 0.798. The molecule has 22 heavy (non-hydrogen) atoms. The van der Waals surface area contributed by atoms with Crippen LogP contribution in [-0.2, 0) is 9.53 Å². The van der Waals surface area contributed by atoms with Crippen LogP contribution in [0.15, 0.2) is 12.4 Å². The lowest BCUT2D eigenvalue weighted by molar-refractivity contribution is -0.155. The van der Waals surface area contributed by atoms with Gasteiger partial charge in [-0.1, -0.05) is 0 Å². The Balaban J connectivity index is 2.11. The van der Waals surface area contributed by atoms with Crippen LogP contribution in [0.5, 0.6) is 0 Å². The number of nitriles is 1. The van der Waals surface area contributed by atoms with Crippen molar-refractivity contribution in [3.05, 3.63) is 18.1 Å². The fraction of sp³-hybridized carbons (Fsp3) is 0.625. The average molecular weight is 302 g/mol. The van der Waals surface area contributed by atoms with E-state index in [-0.39, 0.29) is 12.0 Å². The summed E-state index contributed by atoms with van der Waals surface area (Å²) in [6.07, 6.45) is 6.45. The van der Waals surface area contributed by atoms with Crippen molar-refractivity contribution in [2.45, 2.75) is 58.1 Å². The van der Waals surface area contributed by atoms with Gasteiger partial charge in [0, 0.05) is 12.6 Å². The monoisotopic (exact) mass is 302 g/mol. The molecule has 0 radical (unpaired) electrons. The molecule has 0 bridgehead atoms. The number of carbonyl (C=O) groups excluding carboxylic acids is 1. The van der Waals surface area contributed by atoms with Crippen molar-refractivity contribution in [3.63, 3.8) is 0 Å². The number of hydrogen-bond donors (Lipinski definition) is 0. The first kappa shape index (κ1) is 16.2. The molecule has 6 heteroatoms. The van der Waals surface area contributed by atoms with Crippen LogP contribution in [0.25, 0.3) is 0 Å². The van der Waals surface area contributed by atoms with Gasteiger partial charge in [0.25, 0.3) is 0 Å². The number of esters is 1. The van der Waals surface area contributed by atoms with Crippen molar-refractivity contribution < 1.29 is 9.53 Å². The molecule has 1 unspecified atom stereocenters. The predicted octanol–water partition coefficient (Wildman–Crippen LogP) is 2.44. The molecule has 1 aliphatic rings. The van der Waals surface area contributed by atoms with E-state index >= 15 is 0 Å². The van der Waals surface area contributed by atoms with E-state index in [9.17, 15) is 4.79 Å². The third-order valence-corrected chi connectivity index (χ3v) is 3.48. The molecule has 0 aromatic carbocycles. The number of aromatic nitrogens is 2. The molecule has 0 amide bonds. The van der Waals surface area contributed by atoms with Crippen molar-refractivity contribution in [2.75, 3.05) is 11.4 Å². The minimum Gasteiger partial charge on any atom is -0.460 e. The highest BCUT2D eigenvalue weighted by atomic mass is 16.6. The summed E-state index contributed by atoms with van der Waals surface area (Å²) >= 11 is 0. The smallest absolute Gasteiger partial charge is 0.308 e. The Morgan fingerprint density at radius 3 is 2.91 bits per heavy atom. The molecule has 1 atom stereocenters. The lowest BCUT2D eigenvalue weighted by Gasteiger charge is -2.36. The largest absolute Gasteiger partial charge is 0.460 e. The second-order valence-electron chi connectivity index (χ2n) is 6.51. The molecular formula is C16H22N4O2. The van der Waals surface area contributed by atoms with Crippen LogP contribution in [0.2, 0.25) is 0 Å². The van der Waals surface area contributed by atoms with E-state index in [1.807, 2.05) is 26.8 Å². The molecule has 0 N–H and O–H groups in total. The maximum absolute atomic E-state index is 12.1. The van der Waals surface area contributed by atoms with E-state index in [1.165, 1.54) is 6.20 Å². The summed E-state index contributed by atoms with van der Waals surface area (Å²) in [6.45, 7) is 6.42. The van der Waals surface area contributed by atoms with Gasteiger partial charge in [-0.15, -0.1) is 0 Å². The van der Waals surface area contributed by atoms with E-state index in [2.05, 4.69) is 14.9 Å². The Kier molecular flexibility index (Phi) is 4.96. The average Bonchev–Trinajstić information content (AvgIpc) is 2.46. The Hall–Kier alpha value is -2.16. The maximum atomic E-state index is 12.1. The normalized spacial score (nSPS) is 18.6. The fourth-order valence-corrected chi connectivity index (χ4v) is 2.64. The third-order valence-electron chi connectivity index (χ3n) is 3.48. The van der Waals surface area contributed by atoms with Gasteiger partial charge in [-0.3, -0.25) is 9.78 Å². The van der Waals surface area contributed by atoms with Crippen LogP contribution >= 0.6 is 0 Å². The van der Waals surface area contributed by atoms with Gasteiger partial charge >= 0.3 is 5.97 Å². The summed E-state index contributed by atoms with van der Waals surface area (Å²) in [5.41, 5.74) is -0.184. The molecule has 0 aliphatic carbocycles. The van der Waals surface area contributed by atoms with Gasteiger partial charge in [-0.25, -0.2) is 4.98 Å². The van der Waals surface area contributed by atoms with Gasteiger partial charge in [0.05, 0.1) is 18.8 Å². The van der Waals surface area contributed by atoms with E-state index < -0.39 is 5.60 Å². The van der Waals surface area contributed by atoms with Gasteiger partial charge < -0.3 is 9.64 Å². The van der Waals surface area contributed by atoms with E-state index in [4.69, 9.17) is 10.00 Å². The summed E-state index contributed by atoms with van der Waals surface area (Å²) in [5, 5.41) is 8.95. The first-order valence-electron chi connectivity index (χ1n) is 7.60. The first-order chi connectivity index (χ1) is 10.4. The van der Waals surface area contributed by atoms with Crippen molar-refractivity contribution in [2.24, 2.45) is 0 Å². The molecule has 1 aromatic heterocycles. The Morgan fingerprint density at radius 2 is 2.23 bits per heavy atom. The number of rotatable bonds is 3. The van der Waals surface area contributed by atoms with Crippen LogP contribution in [0, 0.1) is 11.3 Å². The predicted molar refractivity (Wildman–Crippen MR) is 82.2 cm³/mol. The van der Waals surface area contributed by atoms with E-state index in [0.717, 1.165) is 25.8 Å². The van der Waals surface area contributed by atoms with Crippen LogP contribution < -0.4 is 4.90 Å². The van der Waals surface area contributed by atoms with Gasteiger partial charge in [0.1, 0.15) is 17.5 Å². The zero-order valence-electron chi connectivity index (χ0n) is 13.4. The van der Waals surface area contributed by atoms with Crippen LogP contribution in [0.4, 0.5) is 5.82 Å². The highest BCUT2D eigenvalue weighted by Crippen LogP contribution is 2.25.